The Hall–Kier alpha value is -1.37. The minimum absolute atomic E-state index is 0.501. The molecule has 0 atom stereocenters. The smallest absolute Gasteiger partial charge is 0.180 e. The number of ether oxygens (including phenoxy) is 1. The van der Waals surface area contributed by atoms with E-state index in [1.807, 2.05) is 6.20 Å². The van der Waals surface area contributed by atoms with Crippen LogP contribution in [0.1, 0.15) is 11.4 Å². The van der Waals surface area contributed by atoms with Crippen molar-refractivity contribution < 1.29 is 4.74 Å². The SMILES string of the molecule is Clc1cn2c3c(nc2c(N2CCOCC2)n1)CNC3. The molecule has 4 rings (SSSR count). The average Bonchev–Trinajstić information content (AvgIpc) is 3.00. The number of hydrogen-bond donors (Lipinski definition) is 1. The van der Waals surface area contributed by atoms with Gasteiger partial charge in [-0.15, -0.1) is 0 Å². The van der Waals surface area contributed by atoms with Crippen molar-refractivity contribution in [3.8, 4) is 0 Å². The van der Waals surface area contributed by atoms with E-state index in [1.165, 1.54) is 5.69 Å². The van der Waals surface area contributed by atoms with E-state index < -0.39 is 0 Å². The van der Waals surface area contributed by atoms with Gasteiger partial charge in [-0.25, -0.2) is 9.97 Å². The first-order valence-corrected chi connectivity index (χ1v) is 6.80. The van der Waals surface area contributed by atoms with Crippen molar-refractivity contribution in [2.24, 2.45) is 0 Å². The summed E-state index contributed by atoms with van der Waals surface area (Å²) in [5, 5.41) is 3.80. The van der Waals surface area contributed by atoms with E-state index in [2.05, 4.69) is 19.6 Å². The second-order valence-corrected chi connectivity index (χ2v) is 5.18. The van der Waals surface area contributed by atoms with Crippen LogP contribution in [0, 0.1) is 0 Å². The summed E-state index contributed by atoms with van der Waals surface area (Å²) in [5.74, 6) is 0.866. The van der Waals surface area contributed by atoms with E-state index >= 15 is 0 Å². The molecule has 100 valence electrons. The summed E-state index contributed by atoms with van der Waals surface area (Å²) >= 11 is 6.16. The lowest BCUT2D eigenvalue weighted by molar-refractivity contribution is 0.122. The second-order valence-electron chi connectivity index (χ2n) is 4.79. The molecule has 1 fully saturated rings. The summed E-state index contributed by atoms with van der Waals surface area (Å²) < 4.78 is 7.45. The molecule has 7 heteroatoms. The van der Waals surface area contributed by atoms with E-state index in [-0.39, 0.29) is 0 Å². The van der Waals surface area contributed by atoms with E-state index in [0.29, 0.717) is 5.15 Å². The van der Waals surface area contributed by atoms with Crippen LogP contribution in [-0.2, 0) is 17.8 Å². The molecule has 2 aromatic rings. The second kappa shape index (κ2) is 4.33. The van der Waals surface area contributed by atoms with Crippen LogP contribution in [0.15, 0.2) is 6.20 Å². The van der Waals surface area contributed by atoms with E-state index in [4.69, 9.17) is 21.3 Å². The van der Waals surface area contributed by atoms with Crippen molar-refractivity contribution >= 4 is 23.1 Å². The van der Waals surface area contributed by atoms with Gasteiger partial charge in [-0.3, -0.25) is 4.40 Å². The molecule has 19 heavy (non-hydrogen) atoms. The van der Waals surface area contributed by atoms with Gasteiger partial charge in [0.2, 0.25) is 0 Å². The number of morpholine rings is 1. The fraction of sp³-hybridized carbons (Fsp3) is 0.500. The molecule has 2 aliphatic rings. The third-order valence-electron chi connectivity index (χ3n) is 3.64. The molecular formula is C12H14ClN5O. The van der Waals surface area contributed by atoms with Crippen molar-refractivity contribution in [3.63, 3.8) is 0 Å². The zero-order valence-electron chi connectivity index (χ0n) is 10.4. The molecule has 0 spiro atoms. The van der Waals surface area contributed by atoms with E-state index in [0.717, 1.165) is 56.6 Å². The number of hydrogen-bond acceptors (Lipinski definition) is 5. The first-order valence-electron chi connectivity index (χ1n) is 6.43. The Balaban J connectivity index is 1.89. The number of nitrogens with one attached hydrogen (secondary N) is 1. The largest absolute Gasteiger partial charge is 0.378 e. The molecule has 1 N–H and O–H groups in total. The van der Waals surface area contributed by atoms with Gasteiger partial charge in [0, 0.05) is 32.4 Å². The maximum atomic E-state index is 6.16. The fourth-order valence-corrected chi connectivity index (χ4v) is 2.89. The van der Waals surface area contributed by atoms with Gasteiger partial charge < -0.3 is 15.0 Å². The zero-order valence-corrected chi connectivity index (χ0v) is 11.2. The van der Waals surface area contributed by atoms with Gasteiger partial charge in [-0.1, -0.05) is 11.6 Å². The molecule has 0 amide bonds. The third kappa shape index (κ3) is 1.79. The van der Waals surface area contributed by atoms with Crippen LogP contribution in [-0.4, -0.2) is 40.7 Å². The van der Waals surface area contributed by atoms with Crippen molar-refractivity contribution in [1.29, 1.82) is 0 Å². The lowest BCUT2D eigenvalue weighted by Gasteiger charge is -2.28. The maximum Gasteiger partial charge on any atom is 0.180 e. The molecule has 0 aromatic carbocycles. The Labute approximate surface area is 115 Å². The van der Waals surface area contributed by atoms with Gasteiger partial charge in [-0.2, -0.15) is 0 Å². The molecule has 2 aliphatic heterocycles. The molecule has 6 nitrogen and oxygen atoms in total. The number of nitrogens with zero attached hydrogens (tertiary/aromatic N) is 4. The van der Waals surface area contributed by atoms with Gasteiger partial charge in [0.1, 0.15) is 5.15 Å². The van der Waals surface area contributed by atoms with Crippen LogP contribution in [0.4, 0.5) is 5.82 Å². The lowest BCUT2D eigenvalue weighted by Crippen LogP contribution is -2.37. The number of halogens is 1. The first-order chi connectivity index (χ1) is 9.33. The van der Waals surface area contributed by atoms with Gasteiger partial charge in [0.15, 0.2) is 11.5 Å². The molecule has 4 heterocycles. The van der Waals surface area contributed by atoms with Crippen molar-refractivity contribution in [1.82, 2.24) is 19.7 Å². The van der Waals surface area contributed by atoms with Crippen molar-refractivity contribution in [2.45, 2.75) is 13.1 Å². The Morgan fingerprint density at radius 2 is 2.05 bits per heavy atom. The standard InChI is InChI=1S/C12H14ClN5O/c13-10-7-18-9-6-14-5-8(9)15-12(18)11(16-10)17-1-3-19-4-2-17/h7,14H,1-6H2. The van der Waals surface area contributed by atoms with Crippen LogP contribution in [0.5, 0.6) is 0 Å². The summed E-state index contributed by atoms with van der Waals surface area (Å²) in [6.45, 7) is 4.76. The Bertz CT molecular complexity index is 635. The van der Waals surface area contributed by atoms with Gasteiger partial charge >= 0.3 is 0 Å². The predicted octanol–water partition coefficient (Wildman–Crippen LogP) is 0.822. The normalized spacial score (nSPS) is 19.1. The maximum absolute atomic E-state index is 6.16. The number of rotatable bonds is 1. The Morgan fingerprint density at radius 1 is 1.21 bits per heavy atom. The summed E-state index contributed by atoms with van der Waals surface area (Å²) in [4.78, 5) is 11.4. The van der Waals surface area contributed by atoms with Gasteiger partial charge in [-0.05, 0) is 0 Å². The van der Waals surface area contributed by atoms with Crippen LogP contribution in [0.3, 0.4) is 0 Å². The van der Waals surface area contributed by atoms with Crippen LogP contribution >= 0.6 is 11.6 Å². The highest BCUT2D eigenvalue weighted by molar-refractivity contribution is 6.29. The molecule has 0 bridgehead atoms. The molecular weight excluding hydrogens is 266 g/mol. The summed E-state index contributed by atoms with van der Waals surface area (Å²) in [5.41, 5.74) is 3.19. The predicted molar refractivity (Wildman–Crippen MR) is 71.6 cm³/mol. The average molecular weight is 280 g/mol. The quantitative estimate of drug-likeness (QED) is 0.838. The summed E-state index contributed by atoms with van der Waals surface area (Å²) in [7, 11) is 0. The highest BCUT2D eigenvalue weighted by Gasteiger charge is 2.23. The first kappa shape index (κ1) is 11.5. The van der Waals surface area contributed by atoms with Gasteiger partial charge in [0.25, 0.3) is 0 Å². The molecule has 0 aliphatic carbocycles. The molecule has 1 saturated heterocycles. The van der Waals surface area contributed by atoms with E-state index in [1.54, 1.807) is 0 Å². The molecule has 2 aromatic heterocycles. The lowest BCUT2D eigenvalue weighted by atomic mass is 10.4. The molecule has 0 radical (unpaired) electrons. The monoisotopic (exact) mass is 279 g/mol. The van der Waals surface area contributed by atoms with Crippen molar-refractivity contribution in [3.05, 3.63) is 22.7 Å². The number of fused-ring (bicyclic) bond motifs is 3. The highest BCUT2D eigenvalue weighted by Crippen LogP contribution is 2.26. The third-order valence-corrected chi connectivity index (χ3v) is 3.82. The number of imidazole rings is 1. The molecule has 0 unspecified atom stereocenters. The molecule has 0 saturated carbocycles. The van der Waals surface area contributed by atoms with Gasteiger partial charge in [0.05, 0.1) is 24.6 Å². The van der Waals surface area contributed by atoms with Crippen LogP contribution in [0.2, 0.25) is 5.15 Å². The zero-order chi connectivity index (χ0) is 12.8. The minimum Gasteiger partial charge on any atom is -0.378 e. The fourth-order valence-electron chi connectivity index (χ4n) is 2.71. The Kier molecular flexibility index (Phi) is 2.61. The van der Waals surface area contributed by atoms with Crippen molar-refractivity contribution in [2.75, 3.05) is 31.2 Å². The van der Waals surface area contributed by atoms with E-state index in [9.17, 15) is 0 Å². The summed E-state index contributed by atoms with van der Waals surface area (Å²) in [6, 6.07) is 0. The topological polar surface area (TPSA) is 54.7 Å². The highest BCUT2D eigenvalue weighted by atomic mass is 35.5. The Morgan fingerprint density at radius 3 is 2.89 bits per heavy atom. The minimum atomic E-state index is 0.501. The number of aromatic nitrogens is 3. The number of anilines is 1. The summed E-state index contributed by atoms with van der Waals surface area (Å²) in [6.07, 6.45) is 1.85. The van der Waals surface area contributed by atoms with Crippen LogP contribution < -0.4 is 10.2 Å². The van der Waals surface area contributed by atoms with Crippen LogP contribution in [0.25, 0.3) is 5.65 Å².